The molecule has 7 saturated heterocycles. The minimum absolute atomic E-state index is 0. The van der Waals surface area contributed by atoms with Crippen LogP contribution in [0.3, 0.4) is 0 Å². The molecule has 8 aromatic rings. The van der Waals surface area contributed by atoms with E-state index in [0.717, 1.165) is 170 Å². The number of hydrogen-bond acceptors (Lipinski definition) is 32. The Morgan fingerprint density at radius 2 is 0.769 bits per heavy atom. The number of nitrogens with two attached hydrogens (primary N) is 1. The fourth-order valence-corrected chi connectivity index (χ4v) is 16.5. The van der Waals surface area contributed by atoms with Gasteiger partial charge >= 0.3 is 36.4 Å². The highest BCUT2D eigenvalue weighted by molar-refractivity contribution is 8.93. The second-order valence-corrected chi connectivity index (χ2v) is 35.9. The van der Waals surface area contributed by atoms with Gasteiger partial charge in [0, 0.05) is 106 Å². The lowest BCUT2D eigenvalue weighted by molar-refractivity contribution is -0.156. The first-order valence-electron chi connectivity index (χ1n) is 43.3. The summed E-state index contributed by atoms with van der Waals surface area (Å²) in [5.74, 6) is 2.72. The number of carboxylic acid groups (broad SMARTS) is 1. The molecule has 716 valence electrons. The summed E-state index contributed by atoms with van der Waals surface area (Å²) in [6, 6.07) is 38.9. The maximum Gasteiger partial charge on any atom is 0.415 e. The number of halogens is 1. The van der Waals surface area contributed by atoms with Gasteiger partial charge in [-0.15, -0.1) is 17.0 Å². The van der Waals surface area contributed by atoms with Crippen LogP contribution in [0, 0.1) is 0 Å². The predicted molar refractivity (Wildman–Crippen MR) is 496 cm³/mol. The molecule has 10 N–H and O–H groups in total. The molecule has 0 radical (unpaired) electrons. The lowest BCUT2D eigenvalue weighted by atomic mass is 10.0. The molecule has 11 aliphatic heterocycles. The third kappa shape index (κ3) is 23.4. The van der Waals surface area contributed by atoms with Crippen LogP contribution in [0.4, 0.5) is 64.2 Å². The van der Waals surface area contributed by atoms with Crippen LogP contribution in [0.1, 0.15) is 72.4 Å². The summed E-state index contributed by atoms with van der Waals surface area (Å²) in [6.07, 6.45) is 6.77. The number of carboxylic acids is 1. The molecule has 1 aliphatic carbocycles. The number of aromatic nitrogens is 4. The number of pyridine rings is 4. The number of ketones is 1. The second-order valence-electron chi connectivity index (χ2n) is 32.9. The topological polar surface area (TPSA) is 525 Å². The third-order valence-corrected chi connectivity index (χ3v) is 23.6. The Balaban J connectivity index is 0.000000141. The summed E-state index contributed by atoms with van der Waals surface area (Å²) < 4.78 is 102. The molecule has 4 aromatic carbocycles. The minimum Gasteiger partial charge on any atom is -0.489 e. The quantitative estimate of drug-likeness (QED) is 0.0324. The first-order chi connectivity index (χ1) is 63.5. The molecule has 134 heavy (non-hydrogen) atoms. The van der Waals surface area contributed by atoms with E-state index in [9.17, 15) is 55.2 Å². The van der Waals surface area contributed by atoms with E-state index in [1.165, 1.54) is 11.8 Å². The van der Waals surface area contributed by atoms with Gasteiger partial charge in [0.15, 0.2) is 11.9 Å². The number of hydrogen-bond donors (Lipinski definition) is 9. The van der Waals surface area contributed by atoms with Gasteiger partial charge in [-0.3, -0.25) is 48.2 Å². The van der Waals surface area contributed by atoms with Crippen molar-refractivity contribution in [3.63, 3.8) is 0 Å². The van der Waals surface area contributed by atoms with Gasteiger partial charge < -0.3 is 89.4 Å². The van der Waals surface area contributed by atoms with Crippen molar-refractivity contribution in [2.75, 3.05) is 145 Å². The van der Waals surface area contributed by atoms with E-state index in [1.54, 1.807) is 31.9 Å². The van der Waals surface area contributed by atoms with Crippen molar-refractivity contribution < 1.29 is 122 Å². The van der Waals surface area contributed by atoms with Gasteiger partial charge in [0.1, 0.15) is 128 Å². The lowest BCUT2D eigenvalue weighted by Gasteiger charge is -2.31. The number of carbonyl (C=O) groups is 8. The number of rotatable bonds is 16. The highest BCUT2D eigenvalue weighted by atomic mass is 79.9. The van der Waals surface area contributed by atoms with Crippen molar-refractivity contribution in [1.82, 2.24) is 35.9 Å². The highest BCUT2D eigenvalue weighted by Crippen LogP contribution is 2.48. The van der Waals surface area contributed by atoms with Crippen LogP contribution >= 0.6 is 17.0 Å². The first-order valence-corrected chi connectivity index (χ1v) is 47.0. The molecule has 44 heteroatoms. The smallest absolute Gasteiger partial charge is 0.415 e. The molecule has 10 atom stereocenters. The van der Waals surface area contributed by atoms with Crippen molar-refractivity contribution >= 4 is 126 Å². The van der Waals surface area contributed by atoms with Gasteiger partial charge in [-0.2, -0.15) is 16.8 Å². The molecular weight excluding hydrogens is 1850 g/mol. The molecule has 0 bridgehead atoms. The SMILES string of the molecule is Br.CC(=O)NC[C@@H]1OC(=O)N2c3ccc(-c4ccc(N5CCNCC5)nc4)cc3OC[C@@H]12.CC(=O)[C@H](O)[C@@H](O)C(=O)O.CC[C@@H]1OC(=O)N2c3ccc(-c4ccc(C5(N)CC5)nc4)cc3OC[C@@H]12.CC[C@@H]1OC(=O)N2c3ccc(-c4ccc(N5CCNCC5)nc4)cc3OC[C@@H]12.CC[C@@H]1OC(=O)N2c3ccc(-c4ccc(N5CCOC5=O)nc4)cc3OC[C@@H]12.CS(=O)(=O)O.CS(=O)(=O)O. The van der Waals surface area contributed by atoms with Crippen LogP contribution in [0.15, 0.2) is 146 Å². The van der Waals surface area contributed by atoms with E-state index in [4.69, 9.17) is 72.8 Å². The van der Waals surface area contributed by atoms with Crippen molar-refractivity contribution in [1.29, 1.82) is 0 Å². The maximum absolute atomic E-state index is 12.5. The van der Waals surface area contributed by atoms with E-state index in [2.05, 4.69) is 63.9 Å². The second kappa shape index (κ2) is 42.7. The van der Waals surface area contributed by atoms with E-state index in [-0.39, 0.29) is 102 Å². The predicted octanol–water partition coefficient (Wildman–Crippen LogP) is 8.40. The van der Waals surface area contributed by atoms with Crippen LogP contribution < -0.4 is 74.9 Å². The molecule has 6 amide bonds. The number of anilines is 7. The van der Waals surface area contributed by atoms with Crippen LogP contribution in [-0.2, 0) is 63.8 Å². The zero-order valence-electron chi connectivity index (χ0n) is 74.3. The largest absolute Gasteiger partial charge is 0.489 e. The van der Waals surface area contributed by atoms with Gasteiger partial charge in [0.05, 0.1) is 59.6 Å². The average Bonchev–Trinajstić information content (AvgIpc) is 1.60. The summed E-state index contributed by atoms with van der Waals surface area (Å²) in [5.41, 5.74) is 17.7. The Morgan fingerprint density at radius 1 is 0.455 bits per heavy atom. The van der Waals surface area contributed by atoms with Crippen LogP contribution in [0.2, 0.25) is 0 Å². The Hall–Kier alpha value is -12.7. The molecule has 4 aromatic heterocycles. The van der Waals surface area contributed by atoms with E-state index < -0.39 is 56.4 Å². The van der Waals surface area contributed by atoms with Crippen LogP contribution in [0.5, 0.6) is 23.0 Å². The number of nitrogens with one attached hydrogen (secondary N) is 3. The number of Topliss-reactive ketones (excluding diaryl/α,β-unsaturated/α-hetero) is 1. The number of aliphatic hydroxyl groups excluding tert-OH is 2. The number of cyclic esters (lactones) is 5. The van der Waals surface area contributed by atoms with E-state index in [1.807, 2.05) is 136 Å². The number of piperazine rings is 2. The van der Waals surface area contributed by atoms with Gasteiger partial charge in [-0.25, -0.2) is 43.7 Å². The Kier molecular flexibility index (Phi) is 31.5. The zero-order chi connectivity index (χ0) is 94.9. The van der Waals surface area contributed by atoms with Gasteiger partial charge in [0.2, 0.25) is 5.91 Å². The monoisotopic (exact) mass is 1960 g/mol. The number of carbonyl (C=O) groups excluding carboxylic acids is 7. The van der Waals surface area contributed by atoms with Crippen LogP contribution in [-0.4, -0.2) is 281 Å². The molecule has 0 spiro atoms. The van der Waals surface area contributed by atoms with Gasteiger partial charge in [0.25, 0.3) is 20.2 Å². The Labute approximate surface area is 782 Å². The van der Waals surface area contributed by atoms with Gasteiger partial charge in [-0.1, -0.05) is 51.1 Å². The number of ether oxygens (including phenoxy) is 9. The number of aliphatic hydroxyl groups is 2. The summed E-state index contributed by atoms with van der Waals surface area (Å²) in [6.45, 7) is 19.0. The van der Waals surface area contributed by atoms with Crippen molar-refractivity contribution in [3.8, 4) is 67.5 Å². The summed E-state index contributed by atoms with van der Waals surface area (Å²) in [7, 11) is -7.33. The maximum atomic E-state index is 12.5. The standard InChI is InChI=1S/C22H25N5O4.C21H24N4O3.C20H19N3O5.C20H21N3O3.C5H8O5.2CH4O3S.BrH/c1-14(28)24-12-20-18-13-30-19-10-15(2-4-17(19)27(18)22(29)31-20)16-3-5-21(25-11-16)26-8-6-23-7-9-26;1-2-18-17-13-27-19-11-14(3-5-16(19)25(17)21(26)28-18)15-4-6-20(23-12-15)24-9-7-22-8-10-24;1-2-16-15-11-27-17-9-12(3-5-14(17)23(15)20(25)28-16)13-4-6-18(21-10-13)22-7-8-26-19(22)24;1-2-16-15-11-25-17-9-12(3-5-14(17)23(15)19(24)26-16)13-4-6-18(22-10-13)20(21)7-8-20;1-2(6)3(7)4(8)5(9)10;2*1-5(2,3)4;/h2-5,10-11,18,20,23H,6-9,12-13H2,1H3,(H,24,28);3-6,11-12,17-18,22H,2,7-10,13H2,1H3;3-6,9-10,15-16H,2,7-8,11H2,1H3;3-6,9-10,15-16H,2,7-8,11,21H2,1H3;3-4,7-8H,1H3,(H,9,10);2*1H3,(H,2,3,4);1H/t18-,20-;17-,18-;2*15-,16-;3-,4+;;;/m00000.../s1. The van der Waals surface area contributed by atoms with Crippen LogP contribution in [0.25, 0.3) is 44.5 Å². The number of aliphatic carboxylic acids is 1. The van der Waals surface area contributed by atoms with E-state index in [0.29, 0.717) is 86.6 Å². The number of benzene rings is 4. The molecule has 20 rings (SSSR count). The first kappa shape index (κ1) is 98.8. The summed E-state index contributed by atoms with van der Waals surface area (Å²) >= 11 is 0. The highest BCUT2D eigenvalue weighted by Gasteiger charge is 2.51. The summed E-state index contributed by atoms with van der Waals surface area (Å²) in [5, 5.41) is 34.5. The molecular formula is C90H106BrN15O26S2. The zero-order valence-corrected chi connectivity index (χ0v) is 77.6. The normalized spacial score (nSPS) is 21.9. The number of fused-ring (bicyclic) bond motifs is 12. The summed E-state index contributed by atoms with van der Waals surface area (Å²) in [4.78, 5) is 123. The molecule has 12 aliphatic rings. The Bertz CT molecular complexity index is 5780. The lowest BCUT2D eigenvalue weighted by Crippen LogP contribution is -2.47. The van der Waals surface area contributed by atoms with Crippen molar-refractivity contribution in [2.45, 2.75) is 133 Å². The number of nitrogens with zero attached hydrogens (tertiary/aromatic N) is 11. The molecule has 15 heterocycles. The number of amides is 6. The van der Waals surface area contributed by atoms with Crippen molar-refractivity contribution in [2.24, 2.45) is 5.73 Å². The third-order valence-electron chi connectivity index (χ3n) is 23.6. The molecule has 0 unspecified atom stereocenters. The fourth-order valence-electron chi connectivity index (χ4n) is 16.5. The van der Waals surface area contributed by atoms with Gasteiger partial charge in [-0.05, 0) is 152 Å². The Morgan fingerprint density at radius 3 is 1.04 bits per heavy atom. The van der Waals surface area contributed by atoms with E-state index >= 15 is 0 Å². The minimum atomic E-state index is -3.67. The average molecular weight is 1960 g/mol. The molecule has 41 nitrogen and oxygen atoms in total. The fraction of sp³-hybridized carbons (Fsp3) is 0.422. The molecule has 1 saturated carbocycles. The molecule has 8 fully saturated rings. The van der Waals surface area contributed by atoms with Crippen molar-refractivity contribution in [3.05, 3.63) is 152 Å².